The van der Waals surface area contributed by atoms with Gasteiger partial charge in [-0.2, -0.15) is 0 Å². The van der Waals surface area contributed by atoms with Crippen molar-refractivity contribution in [2.24, 2.45) is 28.6 Å². The molecule has 218 valence electrons. The van der Waals surface area contributed by atoms with E-state index >= 15 is 0 Å². The highest BCUT2D eigenvalue weighted by molar-refractivity contribution is 6.74. The van der Waals surface area contributed by atoms with Crippen LogP contribution in [0.4, 0.5) is 0 Å². The normalized spacial score (nSPS) is 40.2. The second kappa shape index (κ2) is 9.41. The molecule has 0 aromatic carbocycles. The fourth-order valence-corrected chi connectivity index (χ4v) is 11.0. The van der Waals surface area contributed by atoms with Crippen molar-refractivity contribution in [1.29, 1.82) is 0 Å². The lowest BCUT2D eigenvalue weighted by atomic mass is 9.49. The monoisotopic (exact) mass is 560 g/mol. The summed E-state index contributed by atoms with van der Waals surface area (Å²) in [7, 11) is -4.27. The number of fused-ring (bicyclic) bond motifs is 5. The van der Waals surface area contributed by atoms with E-state index in [2.05, 4.69) is 101 Å². The van der Waals surface area contributed by atoms with Crippen molar-refractivity contribution in [3.05, 3.63) is 23.3 Å². The molecule has 0 spiro atoms. The highest BCUT2D eigenvalue weighted by Gasteiger charge is 2.62. The second-order valence-electron chi connectivity index (χ2n) is 17.0. The van der Waals surface area contributed by atoms with Crippen molar-refractivity contribution in [3.8, 4) is 0 Å². The van der Waals surface area contributed by atoms with Crippen LogP contribution in [0.15, 0.2) is 23.3 Å². The van der Waals surface area contributed by atoms with Crippen molar-refractivity contribution in [3.63, 3.8) is 0 Å². The van der Waals surface area contributed by atoms with Gasteiger partial charge in [0.05, 0.1) is 6.10 Å². The van der Waals surface area contributed by atoms with Crippen LogP contribution in [0.1, 0.15) is 107 Å². The van der Waals surface area contributed by atoms with Crippen LogP contribution in [0.25, 0.3) is 0 Å². The van der Waals surface area contributed by atoms with Crippen molar-refractivity contribution < 1.29 is 14.0 Å². The first-order chi connectivity index (χ1) is 17.1. The van der Waals surface area contributed by atoms with E-state index in [0.29, 0.717) is 30.1 Å². The largest absolute Gasteiger partial charge is 0.413 e. The molecule has 0 aliphatic heterocycles. The van der Waals surface area contributed by atoms with Gasteiger partial charge in [0.2, 0.25) is 0 Å². The minimum absolute atomic E-state index is 0.0411. The van der Waals surface area contributed by atoms with Crippen LogP contribution >= 0.6 is 0 Å². The van der Waals surface area contributed by atoms with Gasteiger partial charge < -0.3 is 14.0 Å². The van der Waals surface area contributed by atoms with E-state index < -0.39 is 22.4 Å². The summed E-state index contributed by atoms with van der Waals surface area (Å²) in [5.41, 5.74) is 3.40. The molecule has 0 heterocycles. The Balaban J connectivity index is 1.78. The van der Waals surface area contributed by atoms with E-state index in [9.17, 15) is 5.11 Å². The lowest BCUT2D eigenvalue weighted by Gasteiger charge is -2.60. The van der Waals surface area contributed by atoms with Gasteiger partial charge in [0.1, 0.15) is 0 Å². The summed E-state index contributed by atoms with van der Waals surface area (Å²) in [4.78, 5) is 0. The molecule has 4 aliphatic carbocycles. The zero-order chi connectivity index (χ0) is 28.7. The van der Waals surface area contributed by atoms with E-state index in [4.69, 9.17) is 8.85 Å². The van der Waals surface area contributed by atoms with Crippen molar-refractivity contribution >= 4 is 16.6 Å². The Morgan fingerprint density at radius 3 is 2.05 bits per heavy atom. The smallest absolute Gasteiger partial charge is 0.195 e. The summed E-state index contributed by atoms with van der Waals surface area (Å²) in [5, 5.41) is 12.4. The van der Waals surface area contributed by atoms with Crippen LogP contribution in [0, 0.1) is 28.6 Å². The number of rotatable bonds is 5. The topological polar surface area (TPSA) is 38.7 Å². The third kappa shape index (κ3) is 4.82. The van der Waals surface area contributed by atoms with E-state index in [1.807, 2.05) is 0 Å². The number of aliphatic hydroxyl groups is 1. The first-order valence-electron chi connectivity index (χ1n) is 15.6. The van der Waals surface area contributed by atoms with Crippen LogP contribution in [-0.2, 0) is 8.85 Å². The zero-order valence-electron chi connectivity index (χ0n) is 27.2. The molecule has 3 nitrogen and oxygen atoms in total. The summed E-state index contributed by atoms with van der Waals surface area (Å²) in [5.74, 6) is 0.875. The molecule has 4 rings (SSSR count). The van der Waals surface area contributed by atoms with Crippen LogP contribution < -0.4 is 0 Å². The molecule has 0 radical (unpaired) electrons. The average molecular weight is 561 g/mol. The lowest BCUT2D eigenvalue weighted by molar-refractivity contribution is -0.198. The molecule has 0 amide bonds. The molecule has 0 saturated heterocycles. The number of allylic oxidation sites excluding steroid dienone is 3. The molecule has 0 aromatic heterocycles. The number of hydrogen-bond donors (Lipinski definition) is 1. The molecular formula is C33H60O3Si2. The highest BCUT2D eigenvalue weighted by atomic mass is 28.4. The van der Waals surface area contributed by atoms with E-state index in [1.165, 1.54) is 37.7 Å². The maximum atomic E-state index is 12.2. The van der Waals surface area contributed by atoms with Gasteiger partial charge in [-0.05, 0) is 85.1 Å². The maximum Gasteiger partial charge on any atom is 0.195 e. The SMILES string of the molecule is CC[C@H]1CC[C@H]2C3=CC=C4C[C@@](O)(O[Si](C)(C)C(C)(C)C)CC(O[Si](C)(C)C(C)(C)C)[C@]4(C)[C@H]3CC[C@]12C. The van der Waals surface area contributed by atoms with Gasteiger partial charge in [0.15, 0.2) is 22.4 Å². The minimum atomic E-state index is -2.18. The van der Waals surface area contributed by atoms with Crippen LogP contribution in [0.2, 0.25) is 36.3 Å². The molecular weight excluding hydrogens is 501 g/mol. The Kier molecular flexibility index (Phi) is 7.61. The average Bonchev–Trinajstić information content (AvgIpc) is 3.08. The molecule has 4 aliphatic rings. The fraction of sp³-hybridized carbons (Fsp3) is 0.879. The second-order valence-corrected chi connectivity index (χ2v) is 26.5. The predicted octanol–water partition coefficient (Wildman–Crippen LogP) is 9.61. The third-order valence-electron chi connectivity index (χ3n) is 12.8. The Bertz CT molecular complexity index is 983. The van der Waals surface area contributed by atoms with E-state index in [-0.39, 0.29) is 21.6 Å². The van der Waals surface area contributed by atoms with Crippen molar-refractivity contribution in [1.82, 2.24) is 0 Å². The zero-order valence-corrected chi connectivity index (χ0v) is 29.2. The fourth-order valence-electron chi connectivity index (χ4n) is 8.21. The van der Waals surface area contributed by atoms with Crippen LogP contribution in [0.3, 0.4) is 0 Å². The van der Waals surface area contributed by atoms with Gasteiger partial charge in [-0.25, -0.2) is 0 Å². The Morgan fingerprint density at radius 1 is 0.895 bits per heavy atom. The van der Waals surface area contributed by atoms with Gasteiger partial charge in [-0.15, -0.1) is 0 Å². The molecule has 5 heteroatoms. The quantitative estimate of drug-likeness (QED) is 0.269. The summed E-state index contributed by atoms with van der Waals surface area (Å²) in [6, 6.07) is 0. The Hall–Kier alpha value is -0.206. The summed E-state index contributed by atoms with van der Waals surface area (Å²) < 4.78 is 14.3. The Labute approximate surface area is 237 Å². The van der Waals surface area contributed by atoms with Gasteiger partial charge in [-0.3, -0.25) is 0 Å². The van der Waals surface area contributed by atoms with E-state index in [1.54, 1.807) is 5.57 Å². The Morgan fingerprint density at radius 2 is 1.50 bits per heavy atom. The molecule has 7 atom stereocenters. The van der Waals surface area contributed by atoms with Gasteiger partial charge in [0.25, 0.3) is 0 Å². The van der Waals surface area contributed by atoms with Crippen molar-refractivity contribution in [2.75, 3.05) is 0 Å². The first kappa shape index (κ1) is 30.7. The lowest BCUT2D eigenvalue weighted by Crippen LogP contribution is -2.62. The molecule has 38 heavy (non-hydrogen) atoms. The molecule has 3 fully saturated rings. The molecule has 0 bridgehead atoms. The molecule has 3 saturated carbocycles. The molecule has 1 unspecified atom stereocenters. The highest BCUT2D eigenvalue weighted by Crippen LogP contribution is 2.66. The van der Waals surface area contributed by atoms with Crippen molar-refractivity contribution in [2.45, 2.75) is 155 Å². The predicted molar refractivity (Wildman–Crippen MR) is 166 cm³/mol. The number of hydrogen-bond acceptors (Lipinski definition) is 3. The molecule has 0 aromatic rings. The summed E-state index contributed by atoms with van der Waals surface area (Å²) in [6.45, 7) is 30.6. The van der Waals surface area contributed by atoms with Crippen LogP contribution in [0.5, 0.6) is 0 Å². The van der Waals surface area contributed by atoms with Gasteiger partial charge in [-0.1, -0.05) is 92.0 Å². The van der Waals surface area contributed by atoms with E-state index in [0.717, 1.165) is 5.92 Å². The van der Waals surface area contributed by atoms with Gasteiger partial charge in [0, 0.05) is 18.3 Å². The maximum absolute atomic E-state index is 12.2. The van der Waals surface area contributed by atoms with Gasteiger partial charge >= 0.3 is 0 Å². The van der Waals surface area contributed by atoms with Crippen LogP contribution in [-0.4, -0.2) is 33.6 Å². The summed E-state index contributed by atoms with van der Waals surface area (Å²) >= 11 is 0. The standard InChI is InChI=1S/C33H60O3Si2/c1-14-23-16-18-26-25-17-15-24-21-33(34,36-38(12,13)30(5,6)7)22-28(35-37(10,11)29(2,3)4)32(24,9)27(25)19-20-31(23,26)8/h15,17,23,26-28,34H,14,16,18-22H2,1-13H3/t23-,26-,27-,28?,31+,32-,33+/m0/s1. The third-order valence-corrected chi connectivity index (χ3v) is 21.8. The minimum Gasteiger partial charge on any atom is -0.413 e. The first-order valence-corrected chi connectivity index (χ1v) is 21.4. The molecule has 1 N–H and O–H groups in total. The summed E-state index contributed by atoms with van der Waals surface area (Å²) in [6.07, 6.45) is 12.6.